The van der Waals surface area contributed by atoms with Crippen molar-refractivity contribution < 1.29 is 0 Å². The minimum Gasteiger partial charge on any atom is -0.133 e. The minimum absolute atomic E-state index is 0.321. The van der Waals surface area contributed by atoms with Crippen LogP contribution in [0.15, 0.2) is 194 Å². The van der Waals surface area contributed by atoms with E-state index in [1.54, 1.807) is 0 Å². The van der Waals surface area contributed by atoms with E-state index in [1.165, 1.54) is 65.3 Å². The number of fused-ring (bicyclic) bond motifs is 4. The van der Waals surface area contributed by atoms with Crippen LogP contribution in [0.1, 0.15) is 44.5 Å². The Hall–Kier alpha value is -6.43. The zero-order valence-electron chi connectivity index (χ0n) is 30.0. The van der Waals surface area contributed by atoms with E-state index >= 15 is 0 Å². The molecular weight excluding hydrogens is 681 g/mol. The predicted octanol–water partition coefficient (Wildman–Crippen LogP) is 10.8. The second kappa shape index (κ2) is 15.3. The first-order valence-electron chi connectivity index (χ1n) is 18.8. The molecule has 0 unspecified atom stereocenters. The van der Waals surface area contributed by atoms with Crippen LogP contribution in [0.2, 0.25) is 0 Å². The van der Waals surface area contributed by atoms with Crippen LogP contribution in [0.25, 0.3) is 43.1 Å². The lowest BCUT2D eigenvalue weighted by atomic mass is 9.90. The topological polar surface area (TPSA) is 0 Å². The largest absolute Gasteiger partial charge is 0.133 e. The fourth-order valence-electron chi connectivity index (χ4n) is 7.96. The molecular formula is C52H38Si2. The van der Waals surface area contributed by atoms with Gasteiger partial charge < -0.3 is 0 Å². The number of benzene rings is 9. The average molecular weight is 719 g/mol. The zero-order chi connectivity index (χ0) is 36.1. The molecule has 0 saturated heterocycles. The first kappa shape index (κ1) is 33.4. The monoisotopic (exact) mass is 718 g/mol. The van der Waals surface area contributed by atoms with Gasteiger partial charge in [-0.05, 0) is 89.6 Å². The normalized spacial score (nSPS) is 11.6. The molecule has 54 heavy (non-hydrogen) atoms. The summed E-state index contributed by atoms with van der Waals surface area (Å²) < 4.78 is 0. The number of hydrogen-bond acceptors (Lipinski definition) is 0. The highest BCUT2D eigenvalue weighted by atomic mass is 28.2. The fraction of sp³-hybridized carbons (Fsp3) is 0.0385. The molecule has 0 amide bonds. The van der Waals surface area contributed by atoms with Gasteiger partial charge in [-0.15, -0.1) is 11.1 Å². The highest BCUT2D eigenvalue weighted by Crippen LogP contribution is 2.36. The van der Waals surface area contributed by atoms with E-state index in [4.69, 9.17) is 0 Å². The molecule has 9 aromatic carbocycles. The van der Waals surface area contributed by atoms with E-state index in [-0.39, 0.29) is 0 Å². The summed E-state index contributed by atoms with van der Waals surface area (Å²) in [5.74, 6) is 7.64. The highest BCUT2D eigenvalue weighted by molar-refractivity contribution is 6.49. The highest BCUT2D eigenvalue weighted by Gasteiger charge is 2.17. The van der Waals surface area contributed by atoms with Crippen LogP contribution in [0, 0.1) is 22.9 Å². The molecule has 9 rings (SSSR count). The van der Waals surface area contributed by atoms with Crippen molar-refractivity contribution in [2.75, 3.05) is 0 Å². The van der Waals surface area contributed by atoms with E-state index in [9.17, 15) is 0 Å². The molecule has 0 nitrogen and oxygen atoms in total. The van der Waals surface area contributed by atoms with Crippen molar-refractivity contribution in [2.45, 2.75) is 11.1 Å². The first-order valence-corrected chi connectivity index (χ1v) is 21.8. The van der Waals surface area contributed by atoms with Crippen LogP contribution < -0.4 is 0 Å². The zero-order valence-corrected chi connectivity index (χ0v) is 32.9. The molecule has 0 N–H and O–H groups in total. The average Bonchev–Trinajstić information content (AvgIpc) is 3.24. The molecule has 0 fully saturated rings. The summed E-state index contributed by atoms with van der Waals surface area (Å²) in [5, 5.41) is 9.67. The molecule has 0 aliphatic carbocycles. The molecule has 0 radical (unpaired) electrons. The summed E-state index contributed by atoms with van der Waals surface area (Å²) in [4.78, 5) is 0. The van der Waals surface area contributed by atoms with E-state index in [2.05, 4.69) is 217 Å². The summed E-state index contributed by atoms with van der Waals surface area (Å²) in [7, 11) is -1.77. The van der Waals surface area contributed by atoms with Gasteiger partial charge in [0.25, 0.3) is 0 Å². The standard InChI is InChI=1S/C52H38Si2/c1-5-17-37(18-6-1)51(38-19-7-2-8-20-38)53-31-29-47-45-27-15-16-28-46(45)48(30-32-54-52(39-21-9-3-10-22-39)40-23-11-4-12-24-40)50-36-44-34-42-26-14-13-25-41(42)33-43(44)35-49(47)50/h1-28,33-36,51-52H,53-54H2. The molecule has 9 aromatic rings. The first-order chi connectivity index (χ1) is 26.8. The summed E-state index contributed by atoms with van der Waals surface area (Å²) in [6, 6.07) is 70.4. The molecule has 254 valence electrons. The molecule has 0 heterocycles. The van der Waals surface area contributed by atoms with Crippen LogP contribution in [0.4, 0.5) is 0 Å². The fourth-order valence-corrected chi connectivity index (χ4v) is 11.0. The maximum Gasteiger partial charge on any atom is 0.119 e. The summed E-state index contributed by atoms with van der Waals surface area (Å²) in [6.45, 7) is 0. The van der Waals surface area contributed by atoms with Crippen molar-refractivity contribution in [1.29, 1.82) is 0 Å². The predicted molar refractivity (Wildman–Crippen MR) is 237 cm³/mol. The van der Waals surface area contributed by atoms with E-state index in [0.717, 1.165) is 11.1 Å². The molecule has 0 aromatic heterocycles. The van der Waals surface area contributed by atoms with Gasteiger partial charge in [0, 0.05) is 22.2 Å². The number of hydrogen-bond donors (Lipinski definition) is 0. The van der Waals surface area contributed by atoms with Crippen LogP contribution >= 0.6 is 0 Å². The van der Waals surface area contributed by atoms with Crippen molar-refractivity contribution in [3.05, 3.63) is 228 Å². The molecule has 0 bridgehead atoms. The lowest BCUT2D eigenvalue weighted by Gasteiger charge is -2.16. The van der Waals surface area contributed by atoms with Gasteiger partial charge in [0.1, 0.15) is 19.0 Å². The Morgan fingerprint density at radius 2 is 0.611 bits per heavy atom. The van der Waals surface area contributed by atoms with Gasteiger partial charge in [0.2, 0.25) is 0 Å². The second-order valence-corrected chi connectivity index (χ2v) is 17.2. The number of rotatable bonds is 6. The van der Waals surface area contributed by atoms with Crippen molar-refractivity contribution in [3.63, 3.8) is 0 Å². The van der Waals surface area contributed by atoms with Gasteiger partial charge in [-0.1, -0.05) is 182 Å². The summed E-state index contributed by atoms with van der Waals surface area (Å²) in [5.41, 5.74) is 15.9. The van der Waals surface area contributed by atoms with E-state index in [0.29, 0.717) is 11.1 Å². The van der Waals surface area contributed by atoms with E-state index in [1.807, 2.05) is 0 Å². The SMILES string of the molecule is C(#Cc1c2ccccc2c(C#C[SiH2]C(c2ccccc2)c2ccccc2)c2cc3cc4ccccc4cc3cc12)[SiH2]C(c1ccccc1)c1ccccc1. The molecule has 2 heteroatoms. The van der Waals surface area contributed by atoms with E-state index < -0.39 is 19.0 Å². The molecule has 0 aliphatic rings. The van der Waals surface area contributed by atoms with Crippen LogP contribution in [0.5, 0.6) is 0 Å². The molecule has 0 spiro atoms. The quantitative estimate of drug-likeness (QED) is 0.0912. The van der Waals surface area contributed by atoms with Crippen LogP contribution in [-0.2, 0) is 0 Å². The van der Waals surface area contributed by atoms with Crippen molar-refractivity contribution in [1.82, 2.24) is 0 Å². The van der Waals surface area contributed by atoms with Crippen molar-refractivity contribution in [2.24, 2.45) is 0 Å². The van der Waals surface area contributed by atoms with Crippen LogP contribution in [0.3, 0.4) is 0 Å². The Labute approximate surface area is 322 Å². The maximum absolute atomic E-state index is 3.83. The third-order valence-electron chi connectivity index (χ3n) is 10.7. The van der Waals surface area contributed by atoms with Crippen molar-refractivity contribution >= 4 is 62.1 Å². The van der Waals surface area contributed by atoms with Gasteiger partial charge >= 0.3 is 0 Å². The smallest absolute Gasteiger partial charge is 0.119 e. The lowest BCUT2D eigenvalue weighted by Crippen LogP contribution is -2.08. The van der Waals surface area contributed by atoms with Gasteiger partial charge in [-0.3, -0.25) is 0 Å². The van der Waals surface area contributed by atoms with Crippen molar-refractivity contribution in [3.8, 4) is 22.9 Å². The lowest BCUT2D eigenvalue weighted by molar-refractivity contribution is 1.13. The third kappa shape index (κ3) is 6.78. The Balaban J connectivity index is 1.22. The van der Waals surface area contributed by atoms with Gasteiger partial charge in [-0.25, -0.2) is 0 Å². The Morgan fingerprint density at radius 3 is 0.963 bits per heavy atom. The van der Waals surface area contributed by atoms with Gasteiger partial charge in [-0.2, -0.15) is 0 Å². The Bertz CT molecular complexity index is 2600. The second-order valence-electron chi connectivity index (χ2n) is 14.0. The van der Waals surface area contributed by atoms with Crippen LogP contribution in [-0.4, -0.2) is 19.0 Å². The summed E-state index contributed by atoms with van der Waals surface area (Å²) >= 11 is 0. The summed E-state index contributed by atoms with van der Waals surface area (Å²) in [6.07, 6.45) is 0. The Morgan fingerprint density at radius 1 is 0.296 bits per heavy atom. The molecule has 0 atom stereocenters. The molecule has 0 aliphatic heterocycles. The Kier molecular flexibility index (Phi) is 9.45. The van der Waals surface area contributed by atoms with Gasteiger partial charge in [0.15, 0.2) is 0 Å². The van der Waals surface area contributed by atoms with Gasteiger partial charge in [0.05, 0.1) is 0 Å². The third-order valence-corrected chi connectivity index (χ3v) is 14.2. The maximum atomic E-state index is 3.83. The molecule has 0 saturated carbocycles. The minimum atomic E-state index is -0.884.